The number of benzene rings is 4. The maximum Gasteiger partial charge on any atom is 0.259 e. The largest absolute Gasteiger partial charge is 0.497 e. The Labute approximate surface area is 231 Å². The van der Waals surface area contributed by atoms with E-state index >= 15 is 0 Å². The molecule has 0 saturated carbocycles. The van der Waals surface area contributed by atoms with Crippen molar-refractivity contribution in [2.75, 3.05) is 14.2 Å². The van der Waals surface area contributed by atoms with Gasteiger partial charge in [-0.1, -0.05) is 26.8 Å². The Morgan fingerprint density at radius 3 is 1.46 bits per heavy atom. The molecule has 4 aromatic carbocycles. The second-order valence-corrected chi connectivity index (χ2v) is 14.4. The van der Waals surface area contributed by atoms with Gasteiger partial charge in [0.1, 0.15) is 11.5 Å². The van der Waals surface area contributed by atoms with Gasteiger partial charge in [-0.05, 0) is 35.2 Å². The zero-order chi connectivity index (χ0) is 27.5. The molecule has 2 heterocycles. The summed E-state index contributed by atoms with van der Waals surface area (Å²) in [6.45, 7) is 6.68. The number of rotatable bonds is 4. The van der Waals surface area contributed by atoms with E-state index in [1.54, 1.807) is 14.2 Å². The zero-order valence-corrected chi connectivity index (χ0v) is 24.1. The van der Waals surface area contributed by atoms with Crippen LogP contribution in [0.5, 0.6) is 11.5 Å². The van der Waals surface area contributed by atoms with Gasteiger partial charge in [-0.15, -0.1) is 0 Å². The Kier molecular flexibility index (Phi) is 6.08. The third kappa shape index (κ3) is 4.22. The van der Waals surface area contributed by atoms with E-state index in [0.29, 0.717) is 10.8 Å². The summed E-state index contributed by atoms with van der Waals surface area (Å²) in [6, 6.07) is 27.1. The molecule has 7 heteroatoms. The van der Waals surface area contributed by atoms with Crippen molar-refractivity contribution in [2.24, 2.45) is 0 Å². The summed E-state index contributed by atoms with van der Waals surface area (Å²) in [6.07, 6.45) is 0. The summed E-state index contributed by atoms with van der Waals surface area (Å²) in [4.78, 5) is 30.3. The van der Waals surface area contributed by atoms with E-state index < -0.39 is 20.9 Å². The molecule has 5 nitrogen and oxygen atoms in total. The van der Waals surface area contributed by atoms with Gasteiger partial charge >= 0.3 is 0 Å². The van der Waals surface area contributed by atoms with Crippen molar-refractivity contribution in [2.45, 2.75) is 26.2 Å². The molecule has 0 saturated heterocycles. The highest BCUT2D eigenvalue weighted by molar-refractivity contribution is 7.59. The van der Waals surface area contributed by atoms with E-state index in [4.69, 9.17) is 9.47 Å². The van der Waals surface area contributed by atoms with Crippen LogP contribution in [-0.4, -0.2) is 19.2 Å². The molecule has 0 aliphatic carbocycles. The molecular weight excluding hydrogens is 526 g/mol. The lowest BCUT2D eigenvalue weighted by Crippen LogP contribution is -2.10. The lowest BCUT2D eigenvalue weighted by Gasteiger charge is -2.18. The fraction of sp³-hybridized carbons (Fsp3) is 0.188. The minimum Gasteiger partial charge on any atom is -0.497 e. The summed E-state index contributed by atoms with van der Waals surface area (Å²) < 4.78 is 15.5. The topological polar surface area (TPSA) is 68.4 Å². The van der Waals surface area contributed by atoms with Crippen molar-refractivity contribution in [1.82, 2.24) is 4.98 Å². The van der Waals surface area contributed by atoms with Crippen LogP contribution in [0, 0.1) is 0 Å². The van der Waals surface area contributed by atoms with Gasteiger partial charge in [0.25, 0.3) is 11.1 Å². The Morgan fingerprint density at radius 1 is 0.590 bits per heavy atom. The Bertz CT molecular complexity index is 1990. The summed E-state index contributed by atoms with van der Waals surface area (Å²) >= 11 is 0. The molecule has 39 heavy (non-hydrogen) atoms. The maximum atomic E-state index is 12.8. The van der Waals surface area contributed by atoms with E-state index in [1.807, 2.05) is 36.4 Å². The van der Waals surface area contributed by atoms with Crippen molar-refractivity contribution < 1.29 is 9.47 Å². The average molecular weight is 556 g/mol. The van der Waals surface area contributed by atoms with E-state index in [0.717, 1.165) is 30.7 Å². The van der Waals surface area contributed by atoms with Crippen molar-refractivity contribution in [1.29, 1.82) is 0 Å². The van der Waals surface area contributed by atoms with Crippen molar-refractivity contribution >= 4 is 50.5 Å². The predicted octanol–water partition coefficient (Wildman–Crippen LogP) is 7.99. The standard InChI is InChI=1S/C32H28NO4S2/c1-32(2,3)19-6-15-26-27(16-19)39(23-13-9-21(37-5)10-14-23)29-18-25-24(30(34)33-31(25)35)17-28(29)38(26)22-11-7-20(36-4)8-12-22/h6-18H,1-5H3/q+1/p+1. The number of hydrogen-bond acceptors (Lipinski definition) is 4. The minimum absolute atomic E-state index is 0.0345. The van der Waals surface area contributed by atoms with Gasteiger partial charge < -0.3 is 9.47 Å². The Morgan fingerprint density at radius 2 is 1.03 bits per heavy atom. The van der Waals surface area contributed by atoms with E-state index in [-0.39, 0.29) is 16.5 Å². The second kappa shape index (κ2) is 9.36. The fourth-order valence-electron chi connectivity index (χ4n) is 4.96. The highest BCUT2D eigenvalue weighted by Gasteiger charge is 2.34. The predicted molar refractivity (Wildman–Crippen MR) is 165 cm³/mol. The van der Waals surface area contributed by atoms with E-state index in [9.17, 15) is 9.59 Å². The number of nitrogens with one attached hydrogen (secondary N) is 1. The molecule has 0 aliphatic rings. The van der Waals surface area contributed by atoms with E-state index in [1.165, 1.54) is 15.0 Å². The quantitative estimate of drug-likeness (QED) is 0.177. The first kappa shape index (κ1) is 25.3. The van der Waals surface area contributed by atoms with E-state index in [2.05, 4.69) is 68.2 Å². The number of fused-ring (bicyclic) bond motifs is 3. The molecule has 0 bridgehead atoms. The van der Waals surface area contributed by atoms with Gasteiger partial charge in [0.2, 0.25) is 18.8 Å². The summed E-state index contributed by atoms with van der Waals surface area (Å²) in [7, 11) is 2.34. The molecule has 2 aromatic heterocycles. The minimum atomic E-state index is -0.497. The van der Waals surface area contributed by atoms with Gasteiger partial charge in [-0.25, -0.2) is 0 Å². The third-order valence-electron chi connectivity index (χ3n) is 7.08. The number of ether oxygens (including phenoxy) is 2. The normalized spacial score (nSPS) is 12.8. The first-order valence-corrected chi connectivity index (χ1v) is 15.1. The van der Waals surface area contributed by atoms with Crippen LogP contribution in [0.15, 0.2) is 88.5 Å². The zero-order valence-electron chi connectivity index (χ0n) is 22.5. The molecule has 1 N–H and O–H groups in total. The molecule has 0 fully saturated rings. The van der Waals surface area contributed by atoms with Gasteiger partial charge in [0, 0.05) is 69.5 Å². The van der Waals surface area contributed by atoms with Crippen LogP contribution >= 0.6 is 20.9 Å². The number of H-pyrrole nitrogens is 1. The second-order valence-electron chi connectivity index (χ2n) is 10.5. The van der Waals surface area contributed by atoms with Crippen molar-refractivity contribution in [3.63, 3.8) is 0 Å². The van der Waals surface area contributed by atoms with Crippen LogP contribution in [-0.2, 0) is 5.41 Å². The third-order valence-corrected chi connectivity index (χ3v) is 12.0. The van der Waals surface area contributed by atoms with Crippen LogP contribution in [0.25, 0.3) is 39.4 Å². The Hall–Kier alpha value is -3.94. The molecule has 0 amide bonds. The summed E-state index contributed by atoms with van der Waals surface area (Å²) in [5.41, 5.74) is 0.541. The monoisotopic (exact) mass is 555 g/mol. The smallest absolute Gasteiger partial charge is 0.259 e. The average Bonchev–Trinajstić information content (AvgIpc) is 3.22. The summed E-state index contributed by atoms with van der Waals surface area (Å²) in [5, 5.41) is 0.885. The van der Waals surface area contributed by atoms with Crippen LogP contribution < -0.4 is 20.6 Å². The molecule has 0 aliphatic heterocycles. The molecule has 2 unspecified atom stereocenters. The van der Waals surface area contributed by atoms with Crippen molar-refractivity contribution in [3.05, 3.63) is 105 Å². The first-order valence-electron chi connectivity index (χ1n) is 12.6. The highest BCUT2D eigenvalue weighted by Crippen LogP contribution is 2.55. The van der Waals surface area contributed by atoms with Gasteiger partial charge in [0.05, 0.1) is 25.0 Å². The highest BCUT2D eigenvalue weighted by atomic mass is 32.2. The molecule has 0 spiro atoms. The van der Waals surface area contributed by atoms with Crippen molar-refractivity contribution in [3.8, 4) is 21.3 Å². The van der Waals surface area contributed by atoms with Gasteiger partial charge in [-0.2, -0.15) is 0 Å². The lowest BCUT2D eigenvalue weighted by atomic mass is 9.87. The van der Waals surface area contributed by atoms with Crippen LogP contribution in [0.1, 0.15) is 26.3 Å². The lowest BCUT2D eigenvalue weighted by molar-refractivity contribution is 0.415. The Balaban J connectivity index is 1.86. The molecule has 6 aromatic rings. The van der Waals surface area contributed by atoms with Gasteiger partial charge in [-0.3, -0.25) is 14.6 Å². The van der Waals surface area contributed by atoms with Gasteiger partial charge in [0.15, 0.2) is 9.79 Å². The molecule has 2 atom stereocenters. The van der Waals surface area contributed by atoms with Crippen LogP contribution in [0.4, 0.5) is 0 Å². The molecular formula is C32H29NO4S2+2. The molecule has 0 radical (unpaired) electrons. The van der Waals surface area contributed by atoms with Crippen LogP contribution in [0.3, 0.4) is 0 Å². The molecule has 6 rings (SSSR count). The molecule has 196 valence electrons. The maximum absolute atomic E-state index is 12.8. The first-order chi connectivity index (χ1) is 18.7. The number of hydrogen-bond donors (Lipinski definition) is 1. The summed E-state index contributed by atoms with van der Waals surface area (Å²) in [5.74, 6) is 1.58. The number of aromatic amines is 1. The fourth-order valence-corrected chi connectivity index (χ4v) is 10.2. The number of aromatic nitrogens is 1. The SMILES string of the molecule is COc1ccc(-[s+]2c3ccc(C(C)(C)C)cc3[s+](-c3ccc(OC)cc3)c3cc4c(=O)[nH]c(=O)c4cc32)cc1. The number of methoxy groups -OCH3 is 2. The van der Waals surface area contributed by atoms with Crippen LogP contribution in [0.2, 0.25) is 0 Å².